The number of carbonyl (C=O) groups excluding carboxylic acids is 8. The minimum atomic E-state index is -1.94. The summed E-state index contributed by atoms with van der Waals surface area (Å²) < 4.78 is 5.54. The zero-order valence-electron chi connectivity index (χ0n) is 31.7. The summed E-state index contributed by atoms with van der Waals surface area (Å²) in [6.45, 7) is 6.92. The Morgan fingerprint density at radius 2 is 1.62 bits per heavy atom. The normalized spacial score (nSPS) is 23.3. The number of benzene rings is 1. The maximum absolute atomic E-state index is 13.7. The molecule has 1 aromatic rings. The first-order valence-electron chi connectivity index (χ1n) is 18.4. The van der Waals surface area contributed by atoms with Crippen LogP contribution in [-0.2, 0) is 44.8 Å². The van der Waals surface area contributed by atoms with Gasteiger partial charge in [0.1, 0.15) is 23.9 Å². The van der Waals surface area contributed by atoms with Gasteiger partial charge in [0.2, 0.25) is 35.4 Å². The fourth-order valence-electron chi connectivity index (χ4n) is 6.44. The van der Waals surface area contributed by atoms with Crippen LogP contribution in [0.25, 0.3) is 0 Å². The lowest BCUT2D eigenvalue weighted by atomic mass is 9.96. The summed E-state index contributed by atoms with van der Waals surface area (Å²) in [6.07, 6.45) is -0.346. The molecule has 19 nitrogen and oxygen atoms in total. The Hall–Kier alpha value is -5.30. The van der Waals surface area contributed by atoms with Crippen LogP contribution in [0.5, 0.6) is 5.75 Å². The van der Waals surface area contributed by atoms with Crippen LogP contribution < -0.4 is 48.5 Å². The highest BCUT2D eigenvalue weighted by Gasteiger charge is 2.39. The Morgan fingerprint density at radius 3 is 2.20 bits per heavy atom. The van der Waals surface area contributed by atoms with Gasteiger partial charge in [-0.3, -0.25) is 43.3 Å². The summed E-state index contributed by atoms with van der Waals surface area (Å²) in [4.78, 5) is 104. The van der Waals surface area contributed by atoms with E-state index in [1.54, 1.807) is 49.9 Å². The molecule has 1 saturated heterocycles. The van der Waals surface area contributed by atoms with Crippen molar-refractivity contribution in [3.63, 3.8) is 0 Å². The number of carbonyl (C=O) groups is 8. The summed E-state index contributed by atoms with van der Waals surface area (Å²) in [6, 6.07) is -0.635. The van der Waals surface area contributed by atoms with E-state index in [4.69, 9.17) is 21.9 Å². The van der Waals surface area contributed by atoms with Crippen molar-refractivity contribution in [3.05, 3.63) is 29.8 Å². The maximum Gasteiger partial charge on any atom is 0.258 e. The van der Waals surface area contributed by atoms with E-state index in [9.17, 15) is 43.5 Å². The average Bonchev–Trinajstić information content (AvgIpc) is 3.59. The molecule has 0 saturated carbocycles. The van der Waals surface area contributed by atoms with Crippen molar-refractivity contribution < 1.29 is 48.2 Å². The van der Waals surface area contributed by atoms with Crippen molar-refractivity contribution in [1.29, 1.82) is 0 Å². The van der Waals surface area contributed by atoms with Gasteiger partial charge in [-0.1, -0.05) is 46.2 Å². The molecule has 8 atom stereocenters. The van der Waals surface area contributed by atoms with E-state index in [0.29, 0.717) is 37.1 Å². The predicted molar refractivity (Wildman–Crippen MR) is 197 cm³/mol. The van der Waals surface area contributed by atoms with Crippen molar-refractivity contribution in [2.45, 2.75) is 109 Å². The average molecular weight is 774 g/mol. The molecule has 8 amide bonds. The van der Waals surface area contributed by atoms with E-state index in [1.165, 1.54) is 0 Å². The number of aliphatic hydroxyl groups is 1. The van der Waals surface area contributed by atoms with Gasteiger partial charge in [0, 0.05) is 13.0 Å². The molecular weight excluding hydrogens is 718 g/mol. The van der Waals surface area contributed by atoms with E-state index in [2.05, 4.69) is 26.6 Å². The van der Waals surface area contributed by atoms with Gasteiger partial charge in [-0.05, 0) is 61.8 Å². The van der Waals surface area contributed by atoms with E-state index < -0.39 is 96.2 Å². The second-order valence-corrected chi connectivity index (χ2v) is 14.4. The van der Waals surface area contributed by atoms with Gasteiger partial charge in [0.15, 0.2) is 12.6 Å². The second-order valence-electron chi connectivity index (χ2n) is 14.4. The molecule has 1 fully saturated rings. The first-order chi connectivity index (χ1) is 25.9. The quantitative estimate of drug-likeness (QED) is 0.0632. The largest absolute Gasteiger partial charge is 0.484 e. The lowest BCUT2D eigenvalue weighted by molar-refractivity contribution is -0.138. The van der Waals surface area contributed by atoms with Crippen molar-refractivity contribution in [2.75, 3.05) is 19.7 Å². The summed E-state index contributed by atoms with van der Waals surface area (Å²) in [7, 11) is 0. The molecule has 12 N–H and O–H groups in total. The number of fused-ring (bicyclic) bond motifs is 13. The van der Waals surface area contributed by atoms with Gasteiger partial charge in [-0.25, -0.2) is 0 Å². The Labute approximate surface area is 319 Å². The van der Waals surface area contributed by atoms with Crippen LogP contribution in [0.1, 0.15) is 65.4 Å². The highest BCUT2D eigenvalue weighted by atomic mass is 16.5. The third-order valence-electron chi connectivity index (χ3n) is 9.86. The van der Waals surface area contributed by atoms with Crippen LogP contribution in [0.2, 0.25) is 0 Å². The number of nitrogens with two attached hydrogens (primary N) is 3. The topological polar surface area (TPSA) is 307 Å². The Morgan fingerprint density at radius 1 is 0.945 bits per heavy atom. The van der Waals surface area contributed by atoms with E-state index in [0.717, 1.165) is 0 Å². The Kier molecular flexibility index (Phi) is 16.4. The van der Waals surface area contributed by atoms with Gasteiger partial charge in [-0.15, -0.1) is 0 Å². The minimum absolute atomic E-state index is 0.0200. The molecule has 304 valence electrons. The fraction of sp³-hybridized carbons (Fsp3) is 0.611. The predicted octanol–water partition coefficient (Wildman–Crippen LogP) is -3.19. The molecule has 1 aromatic carbocycles. The number of likely N-dealkylation sites (tertiary alicyclic amines) is 1. The van der Waals surface area contributed by atoms with Crippen molar-refractivity contribution in [3.8, 4) is 5.75 Å². The summed E-state index contributed by atoms with van der Waals surface area (Å²) >= 11 is 0. The zero-order chi connectivity index (χ0) is 41.0. The summed E-state index contributed by atoms with van der Waals surface area (Å²) in [5, 5.41) is 24.4. The number of β-amino-alcohol motifs (C(OH)–C–C–N with tert-alkyl or cyclic N) is 1. The monoisotopic (exact) mass is 773 g/mol. The van der Waals surface area contributed by atoms with Gasteiger partial charge >= 0.3 is 0 Å². The van der Waals surface area contributed by atoms with Crippen LogP contribution >= 0.6 is 0 Å². The lowest BCUT2D eigenvalue weighted by Gasteiger charge is -2.33. The molecule has 2 bridgehead atoms. The third-order valence-corrected chi connectivity index (χ3v) is 9.86. The van der Waals surface area contributed by atoms with Crippen LogP contribution in [0.3, 0.4) is 0 Å². The molecule has 0 aliphatic carbocycles. The molecule has 55 heavy (non-hydrogen) atoms. The molecule has 0 aromatic heterocycles. The van der Waals surface area contributed by atoms with Crippen LogP contribution in [-0.4, -0.2) is 119 Å². The maximum atomic E-state index is 13.7. The molecule has 3 aliphatic heterocycles. The zero-order valence-corrected chi connectivity index (χ0v) is 31.7. The van der Waals surface area contributed by atoms with Gasteiger partial charge in [-0.2, -0.15) is 0 Å². The SMILES string of the molecule is CCC(C)[C@H](NC(=O)[C@@H]1CCCN1CC(O)[C@@H]1Cc2ccc(cc2)OCC(=O)N[C@@H](CCC(N)=O)C(=O)N[C@@H](C(N)=O)C(=O)N1)C(=O)N[C@H](C(N)=O)C(C)C. The minimum Gasteiger partial charge on any atom is -0.484 e. The van der Waals surface area contributed by atoms with Crippen LogP contribution in [0.4, 0.5) is 0 Å². The number of hydrogen-bond donors (Lipinski definition) is 9. The standard InChI is InChI=1S/C36H55N9O10/c1-5-19(4)29(35(53)42-28(18(2)3)31(38)49)43-34(52)24-7-6-14-45(24)16-25(46)23-15-20-8-10-21(11-9-20)55-17-27(48)40-22(12-13-26(37)47)33(51)44-30(32(39)50)36(54)41-23/h8-11,18-19,22-25,28-30,46H,5-7,12-17H2,1-4H3,(H2,37,47)(H2,38,49)(H2,39,50)(H,40,48)(H,41,54)(H,42,53)(H,43,52)(H,44,51)/t19?,22-,23-,24-,25?,28-,29-,30-/m0/s1. The molecule has 4 rings (SSSR count). The molecule has 19 heteroatoms. The number of primary amides is 3. The third kappa shape index (κ3) is 12.9. The highest BCUT2D eigenvalue weighted by Crippen LogP contribution is 2.21. The number of amides is 8. The number of hydrogen-bond acceptors (Lipinski definition) is 11. The molecular formula is C36H55N9O10. The molecule has 2 unspecified atom stereocenters. The van der Waals surface area contributed by atoms with E-state index >= 15 is 0 Å². The van der Waals surface area contributed by atoms with Gasteiger partial charge < -0.3 is 53.6 Å². The van der Waals surface area contributed by atoms with Gasteiger partial charge in [0.05, 0.1) is 18.2 Å². The number of nitrogens with one attached hydrogen (secondary N) is 5. The number of ether oxygens (including phenoxy) is 1. The smallest absolute Gasteiger partial charge is 0.258 e. The fourth-order valence-corrected chi connectivity index (χ4v) is 6.44. The number of aliphatic hydroxyl groups excluding tert-OH is 1. The molecule has 0 spiro atoms. The first kappa shape index (κ1) is 44.1. The highest BCUT2D eigenvalue weighted by molar-refractivity contribution is 6.07. The molecule has 3 heterocycles. The lowest BCUT2D eigenvalue weighted by Crippen LogP contribution is -2.61. The molecule has 0 radical (unpaired) electrons. The number of nitrogens with zero attached hydrogens (tertiary/aromatic N) is 1. The van der Waals surface area contributed by atoms with Gasteiger partial charge in [0.25, 0.3) is 11.8 Å². The first-order valence-corrected chi connectivity index (χ1v) is 18.4. The molecule has 3 aliphatic rings. The van der Waals surface area contributed by atoms with Crippen LogP contribution in [0.15, 0.2) is 24.3 Å². The van der Waals surface area contributed by atoms with Crippen molar-refractivity contribution in [1.82, 2.24) is 31.5 Å². The number of rotatable bonds is 15. The summed E-state index contributed by atoms with van der Waals surface area (Å²) in [5.41, 5.74) is 16.9. The Balaban J connectivity index is 1.86. The van der Waals surface area contributed by atoms with Crippen molar-refractivity contribution >= 4 is 47.3 Å². The van der Waals surface area contributed by atoms with E-state index in [-0.39, 0.29) is 37.6 Å². The van der Waals surface area contributed by atoms with E-state index in [1.807, 2.05) is 6.92 Å². The van der Waals surface area contributed by atoms with Crippen molar-refractivity contribution in [2.24, 2.45) is 29.0 Å². The summed E-state index contributed by atoms with van der Waals surface area (Å²) in [5.74, 6) is -6.75. The Bertz CT molecular complexity index is 1570. The second kappa shape index (κ2) is 20.4. The van der Waals surface area contributed by atoms with Crippen LogP contribution in [0, 0.1) is 11.8 Å².